The second kappa shape index (κ2) is 4.59. The molecule has 0 aromatic heterocycles. The minimum absolute atomic E-state index is 0.309. The average Bonchev–Trinajstić information content (AvgIpc) is 2.30. The highest BCUT2D eigenvalue weighted by Crippen LogP contribution is 2.05. The largest absolute Gasteiger partial charge is 0.207 e. The minimum Gasteiger partial charge on any atom is -0.207 e. The normalized spacial score (nSPS) is 9.38. The molecular weight excluding hydrogens is 206 g/mol. The predicted molar refractivity (Wildman–Crippen MR) is 58.8 cm³/mol. The molecule has 0 aliphatic carbocycles. The maximum absolute atomic E-state index is 13.2. The molecule has 2 aromatic rings. The topological polar surface area (TPSA) is 0 Å². The highest BCUT2D eigenvalue weighted by Gasteiger charge is 1.95. The van der Waals surface area contributed by atoms with Gasteiger partial charge in [0.2, 0.25) is 0 Å². The van der Waals surface area contributed by atoms with Crippen LogP contribution >= 0.6 is 0 Å². The fraction of sp³-hybridized carbons (Fsp3) is 0. The summed E-state index contributed by atoms with van der Waals surface area (Å²) in [4.78, 5) is 0. The second-order valence-electron chi connectivity index (χ2n) is 3.24. The third kappa shape index (κ3) is 2.46. The van der Waals surface area contributed by atoms with Crippen LogP contribution in [0.2, 0.25) is 0 Å². The van der Waals surface area contributed by atoms with Crippen LogP contribution in [-0.4, -0.2) is 0 Å². The maximum atomic E-state index is 13.2. The van der Waals surface area contributed by atoms with E-state index in [4.69, 9.17) is 0 Å². The number of hydrogen-bond acceptors (Lipinski definition) is 0. The molecule has 0 atom stereocenters. The van der Waals surface area contributed by atoms with Crippen molar-refractivity contribution in [3.63, 3.8) is 0 Å². The lowest BCUT2D eigenvalue weighted by Gasteiger charge is -1.92. The molecule has 0 spiro atoms. The Labute approximate surface area is 92.5 Å². The van der Waals surface area contributed by atoms with Crippen molar-refractivity contribution in [2.45, 2.75) is 0 Å². The molecule has 78 valence electrons. The van der Waals surface area contributed by atoms with Gasteiger partial charge in [0, 0.05) is 5.56 Å². The van der Waals surface area contributed by atoms with Crippen LogP contribution in [-0.2, 0) is 0 Å². The Balaban J connectivity index is 2.29. The number of benzene rings is 2. The van der Waals surface area contributed by atoms with Crippen molar-refractivity contribution in [3.8, 4) is 11.8 Å². The van der Waals surface area contributed by atoms with Gasteiger partial charge in [-0.05, 0) is 36.4 Å². The van der Waals surface area contributed by atoms with Crippen LogP contribution in [0, 0.1) is 23.5 Å². The monoisotopic (exact) mass is 214 g/mol. The lowest BCUT2D eigenvalue weighted by Crippen LogP contribution is -1.82. The van der Waals surface area contributed by atoms with E-state index in [1.807, 2.05) is 0 Å². The van der Waals surface area contributed by atoms with Crippen LogP contribution in [0.5, 0.6) is 0 Å². The van der Waals surface area contributed by atoms with Gasteiger partial charge in [-0.15, -0.1) is 0 Å². The summed E-state index contributed by atoms with van der Waals surface area (Å²) in [6.45, 7) is 0. The highest BCUT2D eigenvalue weighted by molar-refractivity contribution is 5.43. The average molecular weight is 214 g/mol. The Morgan fingerprint density at radius 1 is 0.750 bits per heavy atom. The Bertz CT molecular complexity index is 545. The van der Waals surface area contributed by atoms with Crippen LogP contribution in [0.15, 0.2) is 48.5 Å². The third-order valence-corrected chi connectivity index (χ3v) is 2.06. The van der Waals surface area contributed by atoms with Crippen molar-refractivity contribution in [1.82, 2.24) is 0 Å². The Kier molecular flexibility index (Phi) is 2.98. The molecule has 0 bridgehead atoms. The Morgan fingerprint density at radius 3 is 2.12 bits per heavy atom. The number of rotatable bonds is 0. The molecule has 2 aromatic carbocycles. The van der Waals surface area contributed by atoms with Gasteiger partial charge in [-0.3, -0.25) is 0 Å². The molecule has 0 fully saturated rings. The van der Waals surface area contributed by atoms with Gasteiger partial charge < -0.3 is 0 Å². The molecule has 2 rings (SSSR count). The van der Waals surface area contributed by atoms with Crippen LogP contribution in [0.3, 0.4) is 0 Å². The van der Waals surface area contributed by atoms with Crippen LogP contribution in [0.4, 0.5) is 8.78 Å². The van der Waals surface area contributed by atoms with E-state index in [9.17, 15) is 8.78 Å². The lowest BCUT2D eigenvalue weighted by atomic mass is 10.2. The van der Waals surface area contributed by atoms with Crippen molar-refractivity contribution < 1.29 is 8.78 Å². The molecule has 0 N–H and O–H groups in total. The summed E-state index contributed by atoms with van der Waals surface area (Å²) in [6, 6.07) is 12.1. The summed E-state index contributed by atoms with van der Waals surface area (Å²) in [6.07, 6.45) is 0. The van der Waals surface area contributed by atoms with E-state index in [1.165, 1.54) is 18.2 Å². The van der Waals surface area contributed by atoms with Crippen molar-refractivity contribution in [2.24, 2.45) is 0 Å². The first-order valence-corrected chi connectivity index (χ1v) is 4.78. The summed E-state index contributed by atoms with van der Waals surface area (Å²) in [5.74, 6) is 4.81. The lowest BCUT2D eigenvalue weighted by molar-refractivity contribution is 0.624. The molecule has 0 saturated heterocycles. The van der Waals surface area contributed by atoms with Crippen LogP contribution in [0.1, 0.15) is 11.1 Å². The smallest absolute Gasteiger partial charge is 0.138 e. The zero-order chi connectivity index (χ0) is 11.4. The quantitative estimate of drug-likeness (QED) is 0.590. The van der Waals surface area contributed by atoms with E-state index in [2.05, 4.69) is 11.8 Å². The summed E-state index contributed by atoms with van der Waals surface area (Å²) < 4.78 is 25.8. The predicted octanol–water partition coefficient (Wildman–Crippen LogP) is 3.36. The summed E-state index contributed by atoms with van der Waals surface area (Å²) in [7, 11) is 0. The van der Waals surface area contributed by atoms with Gasteiger partial charge in [-0.1, -0.05) is 24.0 Å². The fourth-order valence-electron chi connectivity index (χ4n) is 1.24. The maximum Gasteiger partial charge on any atom is 0.138 e. The second-order valence-corrected chi connectivity index (χ2v) is 3.24. The van der Waals surface area contributed by atoms with Gasteiger partial charge in [0.1, 0.15) is 11.6 Å². The molecule has 0 heterocycles. The highest BCUT2D eigenvalue weighted by atomic mass is 19.1. The minimum atomic E-state index is -0.350. The van der Waals surface area contributed by atoms with Crippen molar-refractivity contribution >= 4 is 0 Å². The van der Waals surface area contributed by atoms with E-state index in [0.717, 1.165) is 0 Å². The van der Waals surface area contributed by atoms with E-state index in [0.29, 0.717) is 11.1 Å². The van der Waals surface area contributed by atoms with Crippen LogP contribution in [0.25, 0.3) is 0 Å². The van der Waals surface area contributed by atoms with E-state index >= 15 is 0 Å². The van der Waals surface area contributed by atoms with Crippen LogP contribution < -0.4 is 0 Å². The Hall–Kier alpha value is -2.14. The van der Waals surface area contributed by atoms with Crippen molar-refractivity contribution in [2.75, 3.05) is 0 Å². The zero-order valence-electron chi connectivity index (χ0n) is 8.37. The first kappa shape index (κ1) is 10.4. The third-order valence-electron chi connectivity index (χ3n) is 2.06. The summed E-state index contributed by atoms with van der Waals surface area (Å²) in [5.41, 5.74) is 0.997. The van der Waals surface area contributed by atoms with E-state index < -0.39 is 0 Å². The van der Waals surface area contributed by atoms with Gasteiger partial charge in [0.25, 0.3) is 0 Å². The molecular formula is C14H8F2. The first-order valence-electron chi connectivity index (χ1n) is 4.78. The van der Waals surface area contributed by atoms with Gasteiger partial charge in [-0.2, -0.15) is 0 Å². The number of hydrogen-bond donors (Lipinski definition) is 0. The molecule has 16 heavy (non-hydrogen) atoms. The molecule has 0 aliphatic heterocycles. The summed E-state index contributed by atoms with van der Waals surface area (Å²) >= 11 is 0. The standard InChI is InChI=1S/C14H8F2/c15-13-9-6-11(7-10-13)5-8-12-3-1-2-4-14(12)16/h1-4,6-7,9-10H. The molecule has 0 saturated carbocycles. The van der Waals surface area contributed by atoms with Gasteiger partial charge in [0.05, 0.1) is 5.56 Å². The number of halogens is 2. The van der Waals surface area contributed by atoms with Gasteiger partial charge in [-0.25, -0.2) is 8.78 Å². The molecule has 0 amide bonds. The molecule has 0 radical (unpaired) electrons. The Morgan fingerprint density at radius 2 is 1.44 bits per heavy atom. The van der Waals surface area contributed by atoms with Gasteiger partial charge >= 0.3 is 0 Å². The zero-order valence-corrected chi connectivity index (χ0v) is 8.37. The molecule has 2 heteroatoms. The molecule has 0 unspecified atom stereocenters. The fourth-order valence-corrected chi connectivity index (χ4v) is 1.24. The van der Waals surface area contributed by atoms with Crippen molar-refractivity contribution in [3.05, 3.63) is 71.3 Å². The van der Waals surface area contributed by atoms with E-state index in [1.54, 1.807) is 30.3 Å². The molecule has 0 aliphatic rings. The van der Waals surface area contributed by atoms with E-state index in [-0.39, 0.29) is 11.6 Å². The SMILES string of the molecule is Fc1ccc(C#Cc2ccccc2F)cc1. The van der Waals surface area contributed by atoms with Crippen molar-refractivity contribution in [1.29, 1.82) is 0 Å². The molecule has 0 nitrogen and oxygen atoms in total. The van der Waals surface area contributed by atoms with Gasteiger partial charge in [0.15, 0.2) is 0 Å². The summed E-state index contributed by atoms with van der Waals surface area (Å²) in [5, 5.41) is 0. The first-order chi connectivity index (χ1) is 7.75.